The maximum atomic E-state index is 4.54. The number of hydrogen-bond acceptors (Lipinski definition) is 1. The van der Waals surface area contributed by atoms with Gasteiger partial charge in [0, 0.05) is 17.7 Å². The Hall–Kier alpha value is -0.330. The molecule has 0 saturated carbocycles. The van der Waals surface area contributed by atoms with Crippen LogP contribution in [0.4, 0.5) is 0 Å². The molecule has 1 atom stereocenters. The molecule has 13 heavy (non-hydrogen) atoms. The number of rotatable bonds is 6. The van der Waals surface area contributed by atoms with Crippen LogP contribution in [-0.2, 0) is 0 Å². The number of aliphatic imine (C=N–C) groups is 1. The lowest BCUT2D eigenvalue weighted by Gasteiger charge is -2.28. The van der Waals surface area contributed by atoms with Gasteiger partial charge in [-0.15, -0.1) is 0 Å². The van der Waals surface area contributed by atoms with Crippen molar-refractivity contribution in [3.8, 4) is 0 Å². The highest BCUT2D eigenvalue weighted by molar-refractivity contribution is 5.87. The van der Waals surface area contributed by atoms with E-state index in [1.165, 1.54) is 31.4 Å². The first-order chi connectivity index (χ1) is 6.10. The Morgan fingerprint density at radius 1 is 1.23 bits per heavy atom. The van der Waals surface area contributed by atoms with E-state index >= 15 is 0 Å². The summed E-state index contributed by atoms with van der Waals surface area (Å²) in [4.78, 5) is 4.54. The van der Waals surface area contributed by atoms with Crippen molar-refractivity contribution in [1.29, 1.82) is 0 Å². The van der Waals surface area contributed by atoms with E-state index < -0.39 is 0 Å². The highest BCUT2D eigenvalue weighted by Crippen LogP contribution is 2.29. The van der Waals surface area contributed by atoms with Crippen LogP contribution >= 0.6 is 0 Å². The molecule has 0 aromatic heterocycles. The second-order valence-electron chi connectivity index (χ2n) is 4.08. The molecule has 0 aromatic carbocycles. The molecule has 0 aromatic rings. The predicted molar refractivity (Wildman–Crippen MR) is 61.6 cm³/mol. The van der Waals surface area contributed by atoms with Crippen LogP contribution in [0.3, 0.4) is 0 Å². The minimum Gasteiger partial charge on any atom is -0.294 e. The predicted octanol–water partition coefficient (Wildman–Crippen LogP) is 4.07. The molecule has 1 nitrogen and oxygen atoms in total. The maximum absolute atomic E-state index is 4.54. The second-order valence-corrected chi connectivity index (χ2v) is 4.08. The fraction of sp³-hybridized carbons (Fsp3) is 0.917. The van der Waals surface area contributed by atoms with Gasteiger partial charge in [0.25, 0.3) is 0 Å². The first-order valence-electron chi connectivity index (χ1n) is 5.62. The SMILES string of the molecule is CCCCC(C)(CC)C(C)=NCC. The highest BCUT2D eigenvalue weighted by Gasteiger charge is 2.24. The van der Waals surface area contributed by atoms with Gasteiger partial charge in [0.2, 0.25) is 0 Å². The van der Waals surface area contributed by atoms with Crippen LogP contribution in [0, 0.1) is 5.41 Å². The first-order valence-corrected chi connectivity index (χ1v) is 5.62. The van der Waals surface area contributed by atoms with Crippen LogP contribution < -0.4 is 0 Å². The molecule has 78 valence electrons. The second kappa shape index (κ2) is 6.17. The van der Waals surface area contributed by atoms with E-state index in [-0.39, 0.29) is 0 Å². The highest BCUT2D eigenvalue weighted by atomic mass is 14.7. The molecule has 1 heteroatoms. The lowest BCUT2D eigenvalue weighted by Crippen LogP contribution is -2.25. The zero-order chi connectivity index (χ0) is 10.3. The molecule has 0 bridgehead atoms. The van der Waals surface area contributed by atoms with E-state index in [0.717, 1.165) is 6.54 Å². The van der Waals surface area contributed by atoms with Gasteiger partial charge in [0.15, 0.2) is 0 Å². The Morgan fingerprint density at radius 2 is 1.85 bits per heavy atom. The van der Waals surface area contributed by atoms with Gasteiger partial charge in [-0.25, -0.2) is 0 Å². The van der Waals surface area contributed by atoms with Gasteiger partial charge in [-0.05, 0) is 26.7 Å². The van der Waals surface area contributed by atoms with Gasteiger partial charge in [-0.1, -0.05) is 33.6 Å². The number of unbranched alkanes of at least 4 members (excludes halogenated alkanes) is 1. The molecule has 0 saturated heterocycles. The summed E-state index contributed by atoms with van der Waals surface area (Å²) in [7, 11) is 0. The third-order valence-electron chi connectivity index (χ3n) is 3.13. The Kier molecular flexibility index (Phi) is 6.02. The van der Waals surface area contributed by atoms with E-state index in [1.54, 1.807) is 0 Å². The van der Waals surface area contributed by atoms with Gasteiger partial charge < -0.3 is 0 Å². The molecule has 0 amide bonds. The van der Waals surface area contributed by atoms with Crippen molar-refractivity contribution >= 4 is 5.71 Å². The first kappa shape index (κ1) is 12.7. The molecule has 0 heterocycles. The smallest absolute Gasteiger partial charge is 0.0360 e. The molecule has 0 fully saturated rings. The maximum Gasteiger partial charge on any atom is 0.0360 e. The van der Waals surface area contributed by atoms with Crippen LogP contribution in [0.5, 0.6) is 0 Å². The molecular formula is C12H25N. The fourth-order valence-corrected chi connectivity index (χ4v) is 1.61. The van der Waals surface area contributed by atoms with Crippen LogP contribution in [0.25, 0.3) is 0 Å². The molecule has 0 aliphatic rings. The Morgan fingerprint density at radius 3 is 2.23 bits per heavy atom. The molecule has 0 rings (SSSR count). The average molecular weight is 183 g/mol. The van der Waals surface area contributed by atoms with E-state index in [4.69, 9.17) is 0 Å². The topological polar surface area (TPSA) is 12.4 Å². The fourth-order valence-electron chi connectivity index (χ4n) is 1.61. The number of hydrogen-bond donors (Lipinski definition) is 0. The Bertz CT molecular complexity index is 161. The van der Waals surface area contributed by atoms with Crippen molar-refractivity contribution < 1.29 is 0 Å². The lowest BCUT2D eigenvalue weighted by molar-refractivity contribution is 0.394. The van der Waals surface area contributed by atoms with E-state index in [9.17, 15) is 0 Å². The summed E-state index contributed by atoms with van der Waals surface area (Å²) in [6.07, 6.45) is 5.10. The minimum absolute atomic E-state index is 0.353. The van der Waals surface area contributed by atoms with E-state index in [2.05, 4.69) is 39.6 Å². The molecule has 0 aliphatic carbocycles. The zero-order valence-electron chi connectivity index (χ0n) is 9.98. The standard InChI is InChI=1S/C12H25N/c1-6-9-10-12(5,7-2)11(4)13-8-3/h6-10H2,1-5H3. The van der Waals surface area contributed by atoms with Crippen molar-refractivity contribution in [2.75, 3.05) is 6.54 Å². The average Bonchev–Trinajstić information content (AvgIpc) is 2.14. The third-order valence-corrected chi connectivity index (χ3v) is 3.13. The van der Waals surface area contributed by atoms with E-state index in [0.29, 0.717) is 5.41 Å². The minimum atomic E-state index is 0.353. The summed E-state index contributed by atoms with van der Waals surface area (Å²) < 4.78 is 0. The molecular weight excluding hydrogens is 158 g/mol. The van der Waals surface area contributed by atoms with Crippen LogP contribution in [-0.4, -0.2) is 12.3 Å². The normalized spacial score (nSPS) is 17.2. The quantitative estimate of drug-likeness (QED) is 0.550. The summed E-state index contributed by atoms with van der Waals surface area (Å²) in [5, 5.41) is 0. The monoisotopic (exact) mass is 183 g/mol. The summed E-state index contributed by atoms with van der Waals surface area (Å²) in [6, 6.07) is 0. The molecule has 0 aliphatic heterocycles. The van der Waals surface area contributed by atoms with Gasteiger partial charge in [0.1, 0.15) is 0 Å². The van der Waals surface area contributed by atoms with Crippen molar-refractivity contribution in [3.63, 3.8) is 0 Å². The Balaban J connectivity index is 4.33. The summed E-state index contributed by atoms with van der Waals surface area (Å²) in [6.45, 7) is 12.1. The van der Waals surface area contributed by atoms with Crippen molar-refractivity contribution in [1.82, 2.24) is 0 Å². The molecule has 0 N–H and O–H groups in total. The summed E-state index contributed by atoms with van der Waals surface area (Å²) in [5.41, 5.74) is 1.69. The Labute approximate surface area is 83.6 Å². The van der Waals surface area contributed by atoms with Crippen LogP contribution in [0.1, 0.15) is 60.3 Å². The van der Waals surface area contributed by atoms with Gasteiger partial charge >= 0.3 is 0 Å². The largest absolute Gasteiger partial charge is 0.294 e. The molecule has 1 unspecified atom stereocenters. The lowest BCUT2D eigenvalue weighted by atomic mass is 9.78. The van der Waals surface area contributed by atoms with Gasteiger partial charge in [0.05, 0.1) is 0 Å². The number of nitrogens with zero attached hydrogens (tertiary/aromatic N) is 1. The van der Waals surface area contributed by atoms with Gasteiger partial charge in [-0.2, -0.15) is 0 Å². The summed E-state index contributed by atoms with van der Waals surface area (Å²) in [5.74, 6) is 0. The molecule has 0 spiro atoms. The van der Waals surface area contributed by atoms with Crippen molar-refractivity contribution in [2.45, 2.75) is 60.3 Å². The van der Waals surface area contributed by atoms with Crippen molar-refractivity contribution in [2.24, 2.45) is 10.4 Å². The zero-order valence-corrected chi connectivity index (χ0v) is 9.98. The summed E-state index contributed by atoms with van der Waals surface area (Å²) >= 11 is 0. The van der Waals surface area contributed by atoms with Crippen LogP contribution in [0.15, 0.2) is 4.99 Å². The molecule has 0 radical (unpaired) electrons. The third kappa shape index (κ3) is 3.93. The van der Waals surface area contributed by atoms with E-state index in [1.807, 2.05) is 0 Å². The van der Waals surface area contributed by atoms with Crippen LogP contribution in [0.2, 0.25) is 0 Å². The van der Waals surface area contributed by atoms with Crippen molar-refractivity contribution in [3.05, 3.63) is 0 Å². The van der Waals surface area contributed by atoms with Gasteiger partial charge in [-0.3, -0.25) is 4.99 Å².